The molecule has 0 saturated carbocycles. The number of carbonyl (C=O) groups is 1. The van der Waals surface area contributed by atoms with E-state index in [4.69, 9.17) is 10.5 Å². The number of nitrogens with one attached hydrogen (secondary N) is 2. The quantitative estimate of drug-likeness (QED) is 0.356. The van der Waals surface area contributed by atoms with Crippen LogP contribution >= 0.6 is 0 Å². The highest BCUT2D eigenvalue weighted by Gasteiger charge is 2.27. The van der Waals surface area contributed by atoms with Gasteiger partial charge in [-0.25, -0.2) is 15.0 Å². The van der Waals surface area contributed by atoms with Gasteiger partial charge in [0.1, 0.15) is 24.5 Å². The summed E-state index contributed by atoms with van der Waals surface area (Å²) in [6.07, 6.45) is 4.82. The van der Waals surface area contributed by atoms with E-state index in [2.05, 4.69) is 29.4 Å². The molecule has 4 N–H and O–H groups in total. The third-order valence-corrected chi connectivity index (χ3v) is 6.27. The first-order valence-electron chi connectivity index (χ1n) is 10.8. The van der Waals surface area contributed by atoms with Gasteiger partial charge in [-0.05, 0) is 50.2 Å². The van der Waals surface area contributed by atoms with Crippen molar-refractivity contribution in [2.75, 3.05) is 11.3 Å². The van der Waals surface area contributed by atoms with Gasteiger partial charge < -0.3 is 15.8 Å². The number of benzene rings is 1. The van der Waals surface area contributed by atoms with E-state index in [0.717, 1.165) is 5.52 Å². The van der Waals surface area contributed by atoms with Crippen LogP contribution in [-0.4, -0.2) is 51.8 Å². The molecule has 0 aliphatic carbocycles. The summed E-state index contributed by atoms with van der Waals surface area (Å²) in [4.78, 5) is 25.9. The molecule has 0 saturated heterocycles. The van der Waals surface area contributed by atoms with Gasteiger partial charge in [-0.1, -0.05) is 6.07 Å². The number of aromatic nitrogens is 4. The number of carbonyl (C=O) groups excluding carboxylic acids is 1. The molecule has 13 heteroatoms. The van der Waals surface area contributed by atoms with E-state index in [1.54, 1.807) is 73.5 Å². The van der Waals surface area contributed by atoms with Crippen molar-refractivity contribution in [3.8, 4) is 11.6 Å². The summed E-state index contributed by atoms with van der Waals surface area (Å²) in [6.45, 7) is 3.68. The number of ether oxygens (including phenoxy) is 1. The van der Waals surface area contributed by atoms with E-state index in [9.17, 15) is 13.2 Å². The lowest BCUT2D eigenvalue weighted by molar-refractivity contribution is 0.0880. The number of hydrogen-bond donors (Lipinski definition) is 3. The summed E-state index contributed by atoms with van der Waals surface area (Å²) in [5, 5.41) is 2.95. The van der Waals surface area contributed by atoms with Gasteiger partial charge >= 0.3 is 10.2 Å². The van der Waals surface area contributed by atoms with Crippen LogP contribution in [0.25, 0.3) is 17.0 Å². The molecule has 1 aliphatic heterocycles. The first kappa shape index (κ1) is 23.2. The fraction of sp³-hybridized carbons (Fsp3) is 0.174. The number of imidazole rings is 1. The van der Waals surface area contributed by atoms with Crippen molar-refractivity contribution in [1.82, 2.24) is 24.8 Å². The number of rotatable bonds is 6. The lowest BCUT2D eigenvalue weighted by Gasteiger charge is -2.27. The molecule has 12 nitrogen and oxygen atoms in total. The molecule has 1 aliphatic rings. The predicted octanol–water partition coefficient (Wildman–Crippen LogP) is 1.78. The smallest absolute Gasteiger partial charge is 0.344 e. The van der Waals surface area contributed by atoms with Crippen LogP contribution in [0.1, 0.15) is 29.8 Å². The number of nitrogens with two attached hydrogens (primary N) is 1. The summed E-state index contributed by atoms with van der Waals surface area (Å²) >= 11 is 0. The zero-order valence-electron chi connectivity index (χ0n) is 19.3. The number of fused-ring (bicyclic) bond motifs is 2. The second kappa shape index (κ2) is 8.61. The predicted molar refractivity (Wildman–Crippen MR) is 133 cm³/mol. The van der Waals surface area contributed by atoms with Gasteiger partial charge in [-0.2, -0.15) is 8.42 Å². The third-order valence-electron chi connectivity index (χ3n) is 5.36. The maximum atomic E-state index is 13.1. The molecule has 1 aromatic carbocycles. The monoisotopic (exact) mass is 506 g/mol. The minimum absolute atomic E-state index is 0.0744. The standard InChI is InChI=1S/C23H22N8O4S/c1-23(2,12-35-17-7-3-5-15-19(17)20(24)30-36(33,34)29-15)28-22(32)14-8-10-25-18(11-14)31-13-27-21-16(31)6-4-9-26-21/h3-11,13,29H,12H2,1-2H3,(H2,24,30)(H,28,32). The van der Waals surface area contributed by atoms with E-state index in [0.29, 0.717) is 28.3 Å². The Hall–Kier alpha value is -4.52. The molecule has 1 amide bonds. The van der Waals surface area contributed by atoms with Crippen LogP contribution in [0.5, 0.6) is 5.75 Å². The zero-order chi connectivity index (χ0) is 25.5. The summed E-state index contributed by atoms with van der Waals surface area (Å²) < 4.78 is 37.1. The Morgan fingerprint density at radius 2 is 1.97 bits per heavy atom. The molecule has 0 bridgehead atoms. The van der Waals surface area contributed by atoms with E-state index in [-0.39, 0.29) is 24.0 Å². The van der Waals surface area contributed by atoms with E-state index in [1.807, 2.05) is 6.07 Å². The Balaban J connectivity index is 1.32. The number of amides is 1. The highest BCUT2D eigenvalue weighted by Crippen LogP contribution is 2.31. The number of anilines is 1. The summed E-state index contributed by atoms with van der Waals surface area (Å²) in [7, 11) is -3.90. The van der Waals surface area contributed by atoms with Crippen LogP contribution in [0.2, 0.25) is 0 Å². The molecule has 3 aromatic heterocycles. The largest absolute Gasteiger partial charge is 0.490 e. The molecular weight excluding hydrogens is 484 g/mol. The third kappa shape index (κ3) is 4.55. The first-order valence-corrected chi connectivity index (χ1v) is 12.3. The van der Waals surface area contributed by atoms with Crippen molar-refractivity contribution in [3.05, 3.63) is 72.3 Å². The van der Waals surface area contributed by atoms with Crippen LogP contribution in [0.4, 0.5) is 5.69 Å². The van der Waals surface area contributed by atoms with Crippen molar-refractivity contribution in [1.29, 1.82) is 0 Å². The molecule has 4 heterocycles. The van der Waals surface area contributed by atoms with Crippen molar-refractivity contribution in [3.63, 3.8) is 0 Å². The Morgan fingerprint density at radius 3 is 2.81 bits per heavy atom. The number of amidine groups is 1. The van der Waals surface area contributed by atoms with Crippen LogP contribution in [0.15, 0.2) is 65.6 Å². The fourth-order valence-corrected chi connectivity index (χ4v) is 4.58. The number of hydrogen-bond acceptors (Lipinski definition) is 8. The van der Waals surface area contributed by atoms with Crippen molar-refractivity contribution in [2.45, 2.75) is 19.4 Å². The molecule has 0 spiro atoms. The van der Waals surface area contributed by atoms with Gasteiger partial charge in [0.05, 0.1) is 22.3 Å². The van der Waals surface area contributed by atoms with E-state index in [1.165, 1.54) is 0 Å². The van der Waals surface area contributed by atoms with Crippen LogP contribution in [0.3, 0.4) is 0 Å². The lowest BCUT2D eigenvalue weighted by Crippen LogP contribution is -2.48. The topological polar surface area (TPSA) is 166 Å². The molecular formula is C23H22N8O4S. The van der Waals surface area contributed by atoms with Gasteiger partial charge in [0.2, 0.25) is 0 Å². The van der Waals surface area contributed by atoms with Gasteiger partial charge in [0, 0.05) is 18.0 Å². The summed E-state index contributed by atoms with van der Waals surface area (Å²) in [5.74, 6) is 0.372. The highest BCUT2D eigenvalue weighted by molar-refractivity contribution is 7.91. The molecule has 36 heavy (non-hydrogen) atoms. The van der Waals surface area contributed by atoms with Gasteiger partial charge in [0.15, 0.2) is 11.5 Å². The van der Waals surface area contributed by atoms with Crippen LogP contribution in [-0.2, 0) is 10.2 Å². The van der Waals surface area contributed by atoms with Gasteiger partial charge in [-0.15, -0.1) is 4.40 Å². The average Bonchev–Trinajstić information content (AvgIpc) is 3.26. The summed E-state index contributed by atoms with van der Waals surface area (Å²) in [5.41, 5.74) is 7.44. The van der Waals surface area contributed by atoms with Crippen LogP contribution in [0, 0.1) is 0 Å². The molecule has 4 aromatic rings. The van der Waals surface area contributed by atoms with Gasteiger partial charge in [0.25, 0.3) is 5.91 Å². The second-order valence-electron chi connectivity index (χ2n) is 8.72. The highest BCUT2D eigenvalue weighted by atomic mass is 32.2. The first-order chi connectivity index (χ1) is 17.1. The summed E-state index contributed by atoms with van der Waals surface area (Å²) in [6, 6.07) is 11.8. The number of nitrogens with zero attached hydrogens (tertiary/aromatic N) is 5. The second-order valence-corrected chi connectivity index (χ2v) is 10.1. The van der Waals surface area contributed by atoms with Crippen molar-refractivity contribution in [2.24, 2.45) is 10.1 Å². The van der Waals surface area contributed by atoms with E-state index < -0.39 is 15.7 Å². The van der Waals surface area contributed by atoms with Crippen molar-refractivity contribution >= 4 is 38.8 Å². The lowest BCUT2D eigenvalue weighted by atomic mass is 10.1. The Morgan fingerprint density at radius 1 is 1.14 bits per heavy atom. The zero-order valence-corrected chi connectivity index (χ0v) is 20.2. The molecule has 0 atom stereocenters. The maximum absolute atomic E-state index is 13.1. The molecule has 0 radical (unpaired) electrons. The number of pyridine rings is 2. The molecule has 5 rings (SSSR count). The average molecular weight is 507 g/mol. The Labute approximate surface area is 206 Å². The minimum atomic E-state index is -3.90. The van der Waals surface area contributed by atoms with Gasteiger partial charge in [-0.3, -0.25) is 14.1 Å². The van der Waals surface area contributed by atoms with Crippen molar-refractivity contribution < 1.29 is 17.9 Å². The Bertz CT molecular complexity index is 1630. The molecule has 0 fully saturated rings. The molecule has 0 unspecified atom stereocenters. The SMILES string of the molecule is CC(C)(COc1cccc2c1C(N)=NS(=O)(=O)N2)NC(=O)c1ccnc(-n2cnc3ncccc32)c1. The minimum Gasteiger partial charge on any atom is -0.490 e. The van der Waals surface area contributed by atoms with Crippen LogP contribution < -0.4 is 20.5 Å². The normalized spacial score (nSPS) is 14.4. The molecule has 184 valence electrons. The fourth-order valence-electron chi connectivity index (χ4n) is 3.74. The van der Waals surface area contributed by atoms with E-state index >= 15 is 0 Å². The Kier molecular flexibility index (Phi) is 5.55. The maximum Gasteiger partial charge on any atom is 0.344 e.